The minimum Gasteiger partial charge on any atom is -0.493 e. The predicted molar refractivity (Wildman–Crippen MR) is 167 cm³/mol. The number of halogens is 1. The van der Waals surface area contributed by atoms with E-state index in [1.54, 1.807) is 43.0 Å². The number of carbonyl (C=O) groups is 1. The van der Waals surface area contributed by atoms with Crippen LogP contribution < -0.4 is 30.8 Å². The number of hydrogen-bond acceptors (Lipinski definition) is 8. The number of nitrogens with one attached hydrogen (secondary N) is 1. The van der Waals surface area contributed by atoms with E-state index in [1.807, 2.05) is 36.1 Å². The highest BCUT2D eigenvalue weighted by atomic mass is 19.1. The fraction of sp³-hybridized carbons (Fsp3) is 0.156. The standard InChI is InChI=1S/C32H28FN7O6/c1-19(2)38-17-29(30(41)40(32(38)43)23-8-5-21(33)6-9-23)46-31(42)36-22-7-10-26(28(14-22)44-4)45-27-13-20(24-16-37(3)18-34-24)15-39-25(27)11-12-35-39/h5-19H,1-4H3,(H,36,42). The molecule has 0 fully saturated rings. The lowest BCUT2D eigenvalue weighted by Crippen LogP contribution is -2.40. The molecule has 0 radical (unpaired) electrons. The molecule has 0 aliphatic carbocycles. The Labute approximate surface area is 260 Å². The third-order valence-corrected chi connectivity index (χ3v) is 7.03. The third-order valence-electron chi connectivity index (χ3n) is 7.03. The number of anilines is 1. The third kappa shape index (κ3) is 5.83. The van der Waals surface area contributed by atoms with Gasteiger partial charge in [0, 0.05) is 42.8 Å². The summed E-state index contributed by atoms with van der Waals surface area (Å²) in [6, 6.07) is 12.8. The number of amides is 1. The van der Waals surface area contributed by atoms with Gasteiger partial charge >= 0.3 is 17.3 Å². The fourth-order valence-electron chi connectivity index (χ4n) is 4.78. The quantitative estimate of drug-likeness (QED) is 0.245. The number of ether oxygens (including phenoxy) is 3. The number of carbonyl (C=O) groups excluding carboxylic acids is 1. The lowest BCUT2D eigenvalue weighted by Gasteiger charge is -2.16. The minimum absolute atomic E-state index is 0.121. The Balaban J connectivity index is 1.26. The molecule has 0 unspecified atom stereocenters. The van der Waals surface area contributed by atoms with Crippen LogP contribution in [0.3, 0.4) is 0 Å². The van der Waals surface area contributed by atoms with E-state index in [0.717, 1.165) is 28.0 Å². The van der Waals surface area contributed by atoms with Crippen molar-refractivity contribution in [3.05, 3.63) is 112 Å². The van der Waals surface area contributed by atoms with Gasteiger partial charge in [0.25, 0.3) is 0 Å². The van der Waals surface area contributed by atoms with Crippen molar-refractivity contribution in [1.29, 1.82) is 0 Å². The zero-order valence-corrected chi connectivity index (χ0v) is 25.2. The Kier molecular flexibility index (Phi) is 7.84. The van der Waals surface area contributed by atoms with E-state index in [-0.39, 0.29) is 17.4 Å². The van der Waals surface area contributed by atoms with Crippen molar-refractivity contribution >= 4 is 17.3 Å². The van der Waals surface area contributed by atoms with Crippen molar-refractivity contribution in [2.24, 2.45) is 7.05 Å². The van der Waals surface area contributed by atoms with Gasteiger partial charge in [-0.05, 0) is 62.4 Å². The number of pyridine rings is 1. The summed E-state index contributed by atoms with van der Waals surface area (Å²) in [5.74, 6) is 0.212. The summed E-state index contributed by atoms with van der Waals surface area (Å²) in [5, 5.41) is 6.91. The number of imidazole rings is 1. The molecule has 6 rings (SSSR count). The van der Waals surface area contributed by atoms with Gasteiger partial charge in [-0.1, -0.05) is 0 Å². The van der Waals surface area contributed by atoms with E-state index in [4.69, 9.17) is 14.2 Å². The predicted octanol–water partition coefficient (Wildman–Crippen LogP) is 5.18. The first kappa shape index (κ1) is 29.9. The maximum Gasteiger partial charge on any atom is 0.417 e. The zero-order valence-electron chi connectivity index (χ0n) is 25.2. The molecule has 0 bridgehead atoms. The van der Waals surface area contributed by atoms with Gasteiger partial charge in [0.1, 0.15) is 11.3 Å². The van der Waals surface area contributed by atoms with Gasteiger partial charge in [0.05, 0.1) is 37.2 Å². The molecule has 0 aliphatic rings. The Morgan fingerprint density at radius 3 is 2.41 bits per heavy atom. The molecule has 234 valence electrons. The molecule has 4 heterocycles. The number of aryl methyl sites for hydroxylation is 1. The minimum atomic E-state index is -0.989. The summed E-state index contributed by atoms with van der Waals surface area (Å²) in [6.45, 7) is 3.46. The zero-order chi connectivity index (χ0) is 32.5. The first-order valence-electron chi connectivity index (χ1n) is 14.1. The van der Waals surface area contributed by atoms with Crippen LogP contribution in [0.25, 0.3) is 22.5 Å². The summed E-state index contributed by atoms with van der Waals surface area (Å²) in [6.07, 6.45) is 7.26. The first-order chi connectivity index (χ1) is 22.1. The van der Waals surface area contributed by atoms with Crippen LogP contribution in [-0.4, -0.2) is 41.5 Å². The van der Waals surface area contributed by atoms with Crippen LogP contribution in [0, 0.1) is 5.82 Å². The van der Waals surface area contributed by atoms with Gasteiger partial charge in [-0.15, -0.1) is 0 Å². The Morgan fingerprint density at radius 2 is 1.72 bits per heavy atom. The highest BCUT2D eigenvalue weighted by molar-refractivity contribution is 5.86. The molecule has 4 aromatic heterocycles. The van der Waals surface area contributed by atoms with Crippen molar-refractivity contribution in [3.63, 3.8) is 0 Å². The molecule has 0 saturated heterocycles. The van der Waals surface area contributed by atoms with Crippen LogP contribution in [0.4, 0.5) is 14.9 Å². The lowest BCUT2D eigenvalue weighted by atomic mass is 10.2. The molecule has 0 atom stereocenters. The lowest BCUT2D eigenvalue weighted by molar-refractivity contribution is 0.213. The van der Waals surface area contributed by atoms with Gasteiger partial charge < -0.3 is 18.8 Å². The number of aromatic nitrogens is 6. The first-order valence-corrected chi connectivity index (χ1v) is 14.1. The molecule has 13 nitrogen and oxygen atoms in total. The maximum absolute atomic E-state index is 13.5. The summed E-state index contributed by atoms with van der Waals surface area (Å²) in [7, 11) is 3.33. The molecule has 2 aromatic carbocycles. The van der Waals surface area contributed by atoms with E-state index in [1.165, 1.54) is 36.1 Å². The number of fused-ring (bicyclic) bond motifs is 1. The topological polar surface area (TPSA) is 136 Å². The largest absolute Gasteiger partial charge is 0.493 e. The molecule has 0 aliphatic heterocycles. The molecular weight excluding hydrogens is 597 g/mol. The number of hydrogen-bond donors (Lipinski definition) is 1. The second-order valence-electron chi connectivity index (χ2n) is 10.6. The van der Waals surface area contributed by atoms with Crippen LogP contribution in [0.15, 0.2) is 95.3 Å². The maximum atomic E-state index is 13.5. The van der Waals surface area contributed by atoms with E-state index >= 15 is 0 Å². The van der Waals surface area contributed by atoms with Crippen LogP contribution >= 0.6 is 0 Å². The Morgan fingerprint density at radius 1 is 0.935 bits per heavy atom. The molecule has 1 N–H and O–H groups in total. The van der Waals surface area contributed by atoms with Gasteiger partial charge in [-0.25, -0.2) is 28.0 Å². The monoisotopic (exact) mass is 625 g/mol. The van der Waals surface area contributed by atoms with Crippen molar-refractivity contribution in [1.82, 2.24) is 28.3 Å². The summed E-state index contributed by atoms with van der Waals surface area (Å²) < 4.78 is 36.3. The number of methoxy groups -OCH3 is 1. The number of nitrogens with zero attached hydrogens (tertiary/aromatic N) is 6. The fourth-order valence-corrected chi connectivity index (χ4v) is 4.78. The van der Waals surface area contributed by atoms with Crippen LogP contribution in [0.5, 0.6) is 23.0 Å². The van der Waals surface area contributed by atoms with Crippen molar-refractivity contribution in [2.45, 2.75) is 19.9 Å². The Bertz CT molecular complexity index is 2200. The van der Waals surface area contributed by atoms with Crippen molar-refractivity contribution in [3.8, 4) is 39.9 Å². The molecule has 0 saturated carbocycles. The average molecular weight is 626 g/mol. The van der Waals surface area contributed by atoms with Crippen molar-refractivity contribution in [2.75, 3.05) is 12.4 Å². The van der Waals surface area contributed by atoms with Crippen LogP contribution in [-0.2, 0) is 7.05 Å². The highest BCUT2D eigenvalue weighted by Gasteiger charge is 2.19. The van der Waals surface area contributed by atoms with Gasteiger partial charge in [0.2, 0.25) is 5.75 Å². The summed E-state index contributed by atoms with van der Waals surface area (Å²) >= 11 is 0. The second kappa shape index (κ2) is 12.1. The van der Waals surface area contributed by atoms with Crippen LogP contribution in [0.1, 0.15) is 19.9 Å². The molecule has 6 aromatic rings. The number of rotatable bonds is 8. The SMILES string of the molecule is COc1cc(NC(=O)Oc2cn(C(C)C)c(=O)n(-c3ccc(F)cc3)c2=O)ccc1Oc1cc(-c2cn(C)cn2)cn2nccc12. The Hall–Kier alpha value is -6.18. The normalized spacial score (nSPS) is 11.2. The van der Waals surface area contributed by atoms with E-state index < -0.39 is 28.9 Å². The molecule has 14 heteroatoms. The molecule has 46 heavy (non-hydrogen) atoms. The average Bonchev–Trinajstić information content (AvgIpc) is 3.69. The van der Waals surface area contributed by atoms with E-state index in [9.17, 15) is 18.8 Å². The van der Waals surface area contributed by atoms with Crippen LogP contribution in [0.2, 0.25) is 0 Å². The van der Waals surface area contributed by atoms with Crippen molar-refractivity contribution < 1.29 is 23.4 Å². The van der Waals surface area contributed by atoms with Gasteiger partial charge in [-0.2, -0.15) is 5.10 Å². The van der Waals surface area contributed by atoms with E-state index in [2.05, 4.69) is 15.4 Å². The second-order valence-corrected chi connectivity index (χ2v) is 10.6. The highest BCUT2D eigenvalue weighted by Crippen LogP contribution is 2.37. The summed E-state index contributed by atoms with van der Waals surface area (Å²) in [5.41, 5.74) is 1.08. The smallest absolute Gasteiger partial charge is 0.417 e. The number of benzene rings is 2. The van der Waals surface area contributed by atoms with E-state index in [0.29, 0.717) is 22.8 Å². The molecule has 0 spiro atoms. The van der Waals surface area contributed by atoms with Gasteiger partial charge in [-0.3, -0.25) is 14.7 Å². The molecule has 1 amide bonds. The van der Waals surface area contributed by atoms with Gasteiger partial charge in [0.15, 0.2) is 17.2 Å². The molecular formula is C32H28FN7O6. The summed E-state index contributed by atoms with van der Waals surface area (Å²) in [4.78, 5) is 43.7.